The van der Waals surface area contributed by atoms with Crippen molar-refractivity contribution in [2.75, 3.05) is 23.9 Å². The molecule has 0 spiro atoms. The minimum atomic E-state index is -0.507. The third-order valence-electron chi connectivity index (χ3n) is 4.59. The predicted octanol–water partition coefficient (Wildman–Crippen LogP) is 3.55. The molecule has 1 aliphatic heterocycles. The van der Waals surface area contributed by atoms with Gasteiger partial charge < -0.3 is 15.0 Å². The molecule has 2 amide bonds. The predicted molar refractivity (Wildman–Crippen MR) is 103 cm³/mol. The fraction of sp³-hybridized carbons (Fsp3) is 0.286. The Morgan fingerprint density at radius 1 is 1.07 bits per heavy atom. The van der Waals surface area contributed by atoms with E-state index in [9.17, 15) is 14.4 Å². The molecule has 6 nitrogen and oxygen atoms in total. The molecule has 0 atom stereocenters. The zero-order valence-electron chi connectivity index (χ0n) is 15.5. The fourth-order valence-electron chi connectivity index (χ4n) is 3.11. The summed E-state index contributed by atoms with van der Waals surface area (Å²) < 4.78 is 4.78. The molecular weight excluding hydrogens is 344 g/mol. The van der Waals surface area contributed by atoms with Crippen LogP contribution in [0.25, 0.3) is 0 Å². The summed E-state index contributed by atoms with van der Waals surface area (Å²) in [5, 5.41) is 2.76. The van der Waals surface area contributed by atoms with Gasteiger partial charge in [0.1, 0.15) is 0 Å². The van der Waals surface area contributed by atoms with Gasteiger partial charge in [0.15, 0.2) is 0 Å². The van der Waals surface area contributed by atoms with Gasteiger partial charge in [0.25, 0.3) is 5.91 Å². The summed E-state index contributed by atoms with van der Waals surface area (Å²) in [6.45, 7) is 2.56. The first kappa shape index (κ1) is 18.6. The Morgan fingerprint density at radius 2 is 1.81 bits per heavy atom. The third-order valence-corrected chi connectivity index (χ3v) is 4.59. The van der Waals surface area contributed by atoms with Gasteiger partial charge in [0.2, 0.25) is 5.91 Å². The Balaban J connectivity index is 1.77. The molecule has 0 radical (unpaired) electrons. The highest BCUT2D eigenvalue weighted by atomic mass is 16.5. The monoisotopic (exact) mass is 366 g/mol. The second-order valence-corrected chi connectivity index (χ2v) is 6.54. The molecule has 2 aromatic carbocycles. The van der Waals surface area contributed by atoms with Crippen LogP contribution in [0.5, 0.6) is 0 Å². The third kappa shape index (κ3) is 4.16. The van der Waals surface area contributed by atoms with Crippen LogP contribution in [0.1, 0.15) is 45.5 Å². The average Bonchev–Trinajstić information content (AvgIpc) is 2.69. The Hall–Kier alpha value is -3.15. The molecule has 1 aliphatic rings. The van der Waals surface area contributed by atoms with Gasteiger partial charge in [-0.1, -0.05) is 11.6 Å². The maximum absolute atomic E-state index is 12.6. The SMILES string of the molecule is COC(=O)c1cc(C)ccc1NC(=O)c1ccc(N2CCCCC2=O)cc1. The van der Waals surface area contributed by atoms with Gasteiger partial charge in [0, 0.05) is 24.2 Å². The molecule has 2 aromatic rings. The van der Waals surface area contributed by atoms with E-state index < -0.39 is 5.97 Å². The molecule has 0 aromatic heterocycles. The highest BCUT2D eigenvalue weighted by molar-refractivity contribution is 6.08. The highest BCUT2D eigenvalue weighted by Gasteiger charge is 2.20. The fourth-order valence-corrected chi connectivity index (χ4v) is 3.11. The molecule has 1 heterocycles. The Bertz CT molecular complexity index is 874. The first-order chi connectivity index (χ1) is 13.0. The number of carbonyl (C=O) groups excluding carboxylic acids is 3. The largest absolute Gasteiger partial charge is 0.465 e. The van der Waals surface area contributed by atoms with E-state index in [0.29, 0.717) is 29.8 Å². The van der Waals surface area contributed by atoms with E-state index in [1.165, 1.54) is 7.11 Å². The molecule has 0 bridgehead atoms. The quantitative estimate of drug-likeness (QED) is 0.840. The number of anilines is 2. The number of nitrogens with zero attached hydrogens (tertiary/aromatic N) is 1. The Morgan fingerprint density at radius 3 is 2.48 bits per heavy atom. The minimum absolute atomic E-state index is 0.112. The summed E-state index contributed by atoms with van der Waals surface area (Å²) in [5.41, 5.74) is 2.83. The van der Waals surface area contributed by atoms with Crippen LogP contribution in [0.2, 0.25) is 0 Å². The van der Waals surface area contributed by atoms with E-state index in [1.807, 2.05) is 13.0 Å². The van der Waals surface area contributed by atoms with Crippen molar-refractivity contribution in [1.29, 1.82) is 0 Å². The van der Waals surface area contributed by atoms with Gasteiger partial charge in [-0.2, -0.15) is 0 Å². The summed E-state index contributed by atoms with van der Waals surface area (Å²) in [6.07, 6.45) is 2.47. The van der Waals surface area contributed by atoms with Crippen LogP contribution in [-0.2, 0) is 9.53 Å². The summed E-state index contributed by atoms with van der Waals surface area (Å²) in [7, 11) is 1.30. The van der Waals surface area contributed by atoms with E-state index in [-0.39, 0.29) is 11.8 Å². The zero-order valence-corrected chi connectivity index (χ0v) is 15.5. The zero-order chi connectivity index (χ0) is 19.4. The van der Waals surface area contributed by atoms with Crippen LogP contribution in [0, 0.1) is 6.92 Å². The summed E-state index contributed by atoms with van der Waals surface area (Å²) in [4.78, 5) is 38.3. The molecular formula is C21H22N2O4. The first-order valence-corrected chi connectivity index (χ1v) is 8.90. The number of methoxy groups -OCH3 is 1. The van der Waals surface area contributed by atoms with Crippen molar-refractivity contribution in [2.24, 2.45) is 0 Å². The number of nitrogens with one attached hydrogen (secondary N) is 1. The van der Waals surface area contributed by atoms with E-state index >= 15 is 0 Å². The average molecular weight is 366 g/mol. The number of benzene rings is 2. The number of hydrogen-bond donors (Lipinski definition) is 1. The van der Waals surface area contributed by atoms with Crippen LogP contribution < -0.4 is 10.2 Å². The van der Waals surface area contributed by atoms with Crippen LogP contribution in [0.4, 0.5) is 11.4 Å². The number of ether oxygens (including phenoxy) is 1. The minimum Gasteiger partial charge on any atom is -0.465 e. The van der Waals surface area contributed by atoms with Crippen molar-refractivity contribution in [3.63, 3.8) is 0 Å². The Labute approximate surface area is 158 Å². The van der Waals surface area contributed by atoms with Crippen LogP contribution in [-0.4, -0.2) is 31.4 Å². The lowest BCUT2D eigenvalue weighted by Crippen LogP contribution is -2.35. The van der Waals surface area contributed by atoms with E-state index in [0.717, 1.165) is 24.1 Å². The van der Waals surface area contributed by atoms with Gasteiger partial charge in [-0.15, -0.1) is 0 Å². The summed E-state index contributed by atoms with van der Waals surface area (Å²) in [6, 6.07) is 12.1. The smallest absolute Gasteiger partial charge is 0.339 e. The normalized spacial score (nSPS) is 14.0. The maximum Gasteiger partial charge on any atom is 0.339 e. The standard InChI is InChI=1S/C21H22N2O4/c1-14-6-11-18(17(13-14)21(26)27-2)22-20(25)15-7-9-16(10-8-15)23-12-4-3-5-19(23)24/h6-11,13H,3-5,12H2,1-2H3,(H,22,25). The van der Waals surface area contributed by atoms with E-state index in [4.69, 9.17) is 4.74 Å². The lowest BCUT2D eigenvalue weighted by molar-refractivity contribution is -0.119. The molecule has 1 saturated heterocycles. The lowest BCUT2D eigenvalue weighted by atomic mass is 10.1. The van der Waals surface area contributed by atoms with Crippen molar-refractivity contribution >= 4 is 29.2 Å². The molecule has 27 heavy (non-hydrogen) atoms. The maximum atomic E-state index is 12.6. The van der Waals surface area contributed by atoms with Gasteiger partial charge in [-0.3, -0.25) is 9.59 Å². The van der Waals surface area contributed by atoms with E-state index in [2.05, 4.69) is 5.32 Å². The van der Waals surface area contributed by atoms with Gasteiger partial charge in [-0.25, -0.2) is 4.79 Å². The highest BCUT2D eigenvalue weighted by Crippen LogP contribution is 2.23. The molecule has 6 heteroatoms. The second-order valence-electron chi connectivity index (χ2n) is 6.54. The molecule has 140 valence electrons. The Kier molecular flexibility index (Phi) is 5.54. The number of hydrogen-bond acceptors (Lipinski definition) is 4. The van der Waals surface area contributed by atoms with Crippen molar-refractivity contribution in [3.05, 3.63) is 59.2 Å². The van der Waals surface area contributed by atoms with Crippen LogP contribution in [0.15, 0.2) is 42.5 Å². The number of esters is 1. The van der Waals surface area contributed by atoms with Gasteiger partial charge >= 0.3 is 5.97 Å². The molecule has 1 fully saturated rings. The van der Waals surface area contributed by atoms with Gasteiger partial charge in [0.05, 0.1) is 18.4 Å². The molecule has 0 aliphatic carbocycles. The molecule has 3 rings (SSSR count). The lowest BCUT2D eigenvalue weighted by Gasteiger charge is -2.26. The number of rotatable bonds is 4. The molecule has 0 unspecified atom stereocenters. The number of aryl methyl sites for hydroxylation is 1. The number of amides is 2. The van der Waals surface area contributed by atoms with Gasteiger partial charge in [-0.05, 0) is 56.2 Å². The van der Waals surface area contributed by atoms with E-state index in [1.54, 1.807) is 41.3 Å². The van der Waals surface area contributed by atoms with Crippen LogP contribution in [0.3, 0.4) is 0 Å². The number of carbonyl (C=O) groups is 3. The second kappa shape index (κ2) is 8.03. The van der Waals surface area contributed by atoms with Crippen LogP contribution >= 0.6 is 0 Å². The van der Waals surface area contributed by atoms with Crippen molar-refractivity contribution in [2.45, 2.75) is 26.2 Å². The van der Waals surface area contributed by atoms with Crippen molar-refractivity contribution in [3.8, 4) is 0 Å². The number of piperidine rings is 1. The molecule has 0 saturated carbocycles. The van der Waals surface area contributed by atoms with Crippen molar-refractivity contribution in [1.82, 2.24) is 0 Å². The summed E-state index contributed by atoms with van der Waals surface area (Å²) >= 11 is 0. The topological polar surface area (TPSA) is 75.7 Å². The first-order valence-electron chi connectivity index (χ1n) is 8.90. The van der Waals surface area contributed by atoms with Crippen molar-refractivity contribution < 1.29 is 19.1 Å². The molecule has 1 N–H and O–H groups in total. The summed E-state index contributed by atoms with van der Waals surface area (Å²) in [5.74, 6) is -0.727.